The lowest BCUT2D eigenvalue weighted by molar-refractivity contribution is -0.119. The lowest BCUT2D eigenvalue weighted by Gasteiger charge is -2.38. The van der Waals surface area contributed by atoms with Gasteiger partial charge in [0.15, 0.2) is 0 Å². The first-order valence-electron chi connectivity index (χ1n) is 4.95. The second-order valence-electron chi connectivity index (χ2n) is 4.56. The van der Waals surface area contributed by atoms with Gasteiger partial charge in [-0.05, 0) is 31.8 Å². The zero-order valence-corrected chi connectivity index (χ0v) is 8.89. The monoisotopic (exact) mass is 184 g/mol. The van der Waals surface area contributed by atoms with Crippen LogP contribution in [0.2, 0.25) is 0 Å². The van der Waals surface area contributed by atoms with Crippen LogP contribution >= 0.6 is 0 Å². The smallest absolute Gasteiger partial charge is 0.216 e. The van der Waals surface area contributed by atoms with Gasteiger partial charge < -0.3 is 10.2 Å². The van der Waals surface area contributed by atoms with Crippen LogP contribution in [0.25, 0.3) is 0 Å². The van der Waals surface area contributed by atoms with Crippen molar-refractivity contribution in [2.75, 3.05) is 26.7 Å². The minimum Gasteiger partial charge on any atom is -0.356 e. The summed E-state index contributed by atoms with van der Waals surface area (Å²) in [5, 5.41) is 2.91. The Labute approximate surface area is 80.5 Å². The molecule has 0 aromatic carbocycles. The number of amides is 1. The lowest BCUT2D eigenvalue weighted by Crippen LogP contribution is -2.45. The van der Waals surface area contributed by atoms with Gasteiger partial charge in [-0.3, -0.25) is 4.79 Å². The van der Waals surface area contributed by atoms with E-state index in [1.165, 1.54) is 19.4 Å². The van der Waals surface area contributed by atoms with E-state index in [-0.39, 0.29) is 11.3 Å². The molecule has 1 fully saturated rings. The lowest BCUT2D eigenvalue weighted by atomic mass is 9.82. The van der Waals surface area contributed by atoms with Crippen molar-refractivity contribution in [2.45, 2.75) is 26.7 Å². The zero-order valence-electron chi connectivity index (χ0n) is 8.89. The molecular formula is C10H20N2O. The molecule has 0 aromatic heterocycles. The SMILES string of the molecule is CC(=O)NCC1(C)CCCN(C)C1. The van der Waals surface area contributed by atoms with Crippen LogP contribution in [0.3, 0.4) is 0 Å². The van der Waals surface area contributed by atoms with Crippen molar-refractivity contribution in [1.82, 2.24) is 10.2 Å². The highest BCUT2D eigenvalue weighted by Crippen LogP contribution is 2.27. The van der Waals surface area contributed by atoms with E-state index in [1.54, 1.807) is 6.92 Å². The van der Waals surface area contributed by atoms with Crippen molar-refractivity contribution in [3.8, 4) is 0 Å². The van der Waals surface area contributed by atoms with Gasteiger partial charge in [0.25, 0.3) is 0 Å². The number of hydrogen-bond donors (Lipinski definition) is 1. The molecule has 1 atom stereocenters. The number of rotatable bonds is 2. The molecule has 13 heavy (non-hydrogen) atoms. The Hall–Kier alpha value is -0.570. The second kappa shape index (κ2) is 4.09. The highest BCUT2D eigenvalue weighted by atomic mass is 16.1. The standard InChI is InChI=1S/C10H20N2O/c1-9(13)11-7-10(2)5-4-6-12(3)8-10/h4-8H2,1-3H3,(H,11,13). The summed E-state index contributed by atoms with van der Waals surface area (Å²) in [5.41, 5.74) is 0.276. The van der Waals surface area contributed by atoms with Gasteiger partial charge in [-0.25, -0.2) is 0 Å². The van der Waals surface area contributed by atoms with E-state index in [4.69, 9.17) is 0 Å². The number of likely N-dealkylation sites (tertiary alicyclic amines) is 1. The third-order valence-electron chi connectivity index (χ3n) is 2.74. The van der Waals surface area contributed by atoms with Crippen molar-refractivity contribution in [3.63, 3.8) is 0 Å². The first-order chi connectivity index (χ1) is 6.02. The van der Waals surface area contributed by atoms with Crippen LogP contribution in [0.15, 0.2) is 0 Å². The predicted octanol–water partition coefficient (Wildman–Crippen LogP) is 0.854. The molecule has 1 unspecified atom stereocenters. The van der Waals surface area contributed by atoms with Gasteiger partial charge >= 0.3 is 0 Å². The second-order valence-corrected chi connectivity index (χ2v) is 4.56. The molecule has 3 nitrogen and oxygen atoms in total. The molecule has 0 radical (unpaired) electrons. The highest BCUT2D eigenvalue weighted by molar-refractivity contribution is 5.72. The first kappa shape index (κ1) is 10.5. The number of carbonyl (C=O) groups is 1. The minimum absolute atomic E-state index is 0.0782. The van der Waals surface area contributed by atoms with Crippen molar-refractivity contribution < 1.29 is 4.79 Å². The maximum atomic E-state index is 10.8. The van der Waals surface area contributed by atoms with Crippen LogP contribution in [0.5, 0.6) is 0 Å². The van der Waals surface area contributed by atoms with E-state index in [0.29, 0.717) is 0 Å². The third-order valence-corrected chi connectivity index (χ3v) is 2.74. The van der Waals surface area contributed by atoms with Crippen LogP contribution in [0.1, 0.15) is 26.7 Å². The fourth-order valence-corrected chi connectivity index (χ4v) is 2.07. The Kier molecular flexibility index (Phi) is 3.31. The molecule has 0 saturated carbocycles. The van der Waals surface area contributed by atoms with Crippen LogP contribution in [-0.2, 0) is 4.79 Å². The molecule has 0 aliphatic carbocycles. The van der Waals surface area contributed by atoms with E-state index in [1.807, 2.05) is 0 Å². The number of piperidine rings is 1. The summed E-state index contributed by atoms with van der Waals surface area (Å²) >= 11 is 0. The fourth-order valence-electron chi connectivity index (χ4n) is 2.07. The van der Waals surface area contributed by atoms with Crippen molar-refractivity contribution in [3.05, 3.63) is 0 Å². The van der Waals surface area contributed by atoms with Crippen LogP contribution in [0.4, 0.5) is 0 Å². The van der Waals surface area contributed by atoms with Gasteiger partial charge in [-0.15, -0.1) is 0 Å². The van der Waals surface area contributed by atoms with Crippen molar-refractivity contribution in [2.24, 2.45) is 5.41 Å². The largest absolute Gasteiger partial charge is 0.356 e. The molecular weight excluding hydrogens is 164 g/mol. The van der Waals surface area contributed by atoms with E-state index in [9.17, 15) is 4.79 Å². The summed E-state index contributed by atoms with van der Waals surface area (Å²) in [6.45, 7) is 6.92. The quantitative estimate of drug-likeness (QED) is 0.690. The minimum atomic E-state index is 0.0782. The Morgan fingerprint density at radius 2 is 2.31 bits per heavy atom. The summed E-state index contributed by atoms with van der Waals surface area (Å²) in [6, 6.07) is 0. The Balaban J connectivity index is 2.39. The molecule has 3 heteroatoms. The maximum Gasteiger partial charge on any atom is 0.216 e. The maximum absolute atomic E-state index is 10.8. The van der Waals surface area contributed by atoms with Gasteiger partial charge in [0, 0.05) is 20.0 Å². The topological polar surface area (TPSA) is 32.3 Å². The van der Waals surface area contributed by atoms with Crippen LogP contribution in [0, 0.1) is 5.41 Å². The van der Waals surface area contributed by atoms with E-state index >= 15 is 0 Å². The van der Waals surface area contributed by atoms with Gasteiger partial charge in [0.2, 0.25) is 5.91 Å². The fraction of sp³-hybridized carbons (Fsp3) is 0.900. The van der Waals surface area contributed by atoms with Gasteiger partial charge in [0.1, 0.15) is 0 Å². The normalized spacial score (nSPS) is 30.1. The molecule has 76 valence electrons. The average molecular weight is 184 g/mol. The highest BCUT2D eigenvalue weighted by Gasteiger charge is 2.29. The summed E-state index contributed by atoms with van der Waals surface area (Å²) < 4.78 is 0. The zero-order chi connectivity index (χ0) is 9.90. The summed E-state index contributed by atoms with van der Waals surface area (Å²) in [4.78, 5) is 13.1. The molecule has 1 rings (SSSR count). The van der Waals surface area contributed by atoms with Gasteiger partial charge in [-0.1, -0.05) is 6.92 Å². The number of hydrogen-bond acceptors (Lipinski definition) is 2. The molecule has 0 aromatic rings. The van der Waals surface area contributed by atoms with Crippen molar-refractivity contribution in [1.29, 1.82) is 0 Å². The van der Waals surface area contributed by atoms with E-state index < -0.39 is 0 Å². The Morgan fingerprint density at radius 3 is 2.85 bits per heavy atom. The summed E-state index contributed by atoms with van der Waals surface area (Å²) in [5.74, 6) is 0.0782. The Morgan fingerprint density at radius 1 is 1.62 bits per heavy atom. The molecule has 1 heterocycles. The molecule has 0 bridgehead atoms. The molecule has 1 aliphatic heterocycles. The number of nitrogens with zero attached hydrogens (tertiary/aromatic N) is 1. The molecule has 1 amide bonds. The van der Waals surface area contributed by atoms with Crippen molar-refractivity contribution >= 4 is 5.91 Å². The van der Waals surface area contributed by atoms with Crippen LogP contribution < -0.4 is 5.32 Å². The van der Waals surface area contributed by atoms with Gasteiger partial charge in [-0.2, -0.15) is 0 Å². The molecule has 1 aliphatic rings. The summed E-state index contributed by atoms with van der Waals surface area (Å²) in [7, 11) is 2.14. The third kappa shape index (κ3) is 3.35. The van der Waals surface area contributed by atoms with E-state index in [0.717, 1.165) is 13.1 Å². The Bertz CT molecular complexity index is 193. The van der Waals surface area contributed by atoms with E-state index in [2.05, 4.69) is 24.2 Å². The van der Waals surface area contributed by atoms with Gasteiger partial charge in [0.05, 0.1) is 0 Å². The number of nitrogens with one attached hydrogen (secondary N) is 1. The number of carbonyl (C=O) groups excluding carboxylic acids is 1. The predicted molar refractivity (Wildman–Crippen MR) is 53.5 cm³/mol. The molecule has 1 saturated heterocycles. The van der Waals surface area contributed by atoms with Crippen LogP contribution in [-0.4, -0.2) is 37.5 Å². The summed E-state index contributed by atoms with van der Waals surface area (Å²) in [6.07, 6.45) is 2.46. The molecule has 1 N–H and O–H groups in total. The first-order valence-corrected chi connectivity index (χ1v) is 4.95. The average Bonchev–Trinajstić information content (AvgIpc) is 2.01. The molecule has 0 spiro atoms.